The number of ketones is 1. The average molecular weight is 389 g/mol. The third-order valence-electron chi connectivity index (χ3n) is 3.89. The number of rotatable bonds is 9. The van der Waals surface area contributed by atoms with E-state index in [0.717, 1.165) is 6.07 Å². The Balaban J connectivity index is 2.01. The van der Waals surface area contributed by atoms with E-state index in [9.17, 15) is 18.8 Å². The van der Waals surface area contributed by atoms with Crippen LogP contribution in [0, 0.1) is 5.82 Å². The molecule has 0 aromatic heterocycles. The highest BCUT2D eigenvalue weighted by Gasteiger charge is 2.14. The van der Waals surface area contributed by atoms with E-state index < -0.39 is 23.5 Å². The fraction of sp³-hybridized carbons (Fsp3) is 0.250. The van der Waals surface area contributed by atoms with E-state index in [2.05, 4.69) is 5.32 Å². The minimum atomic E-state index is -1.13. The Hall–Kier alpha value is -3.26. The van der Waals surface area contributed by atoms with E-state index in [0.29, 0.717) is 11.3 Å². The zero-order chi connectivity index (χ0) is 20.7. The lowest BCUT2D eigenvalue weighted by Gasteiger charge is -2.09. The maximum Gasteiger partial charge on any atom is 0.335 e. The number of carbonyl (C=O) groups is 3. The molecule has 0 aliphatic rings. The number of Topliss-reactive ketones (excluding diaryl/α,β-unsaturated/α-hetero) is 1. The van der Waals surface area contributed by atoms with Gasteiger partial charge in [0.1, 0.15) is 0 Å². The van der Waals surface area contributed by atoms with Gasteiger partial charge < -0.3 is 19.9 Å². The molecule has 0 atom stereocenters. The molecule has 0 fully saturated rings. The number of carboxylic acid groups (broad SMARTS) is 1. The summed E-state index contributed by atoms with van der Waals surface area (Å²) in [6, 6.07) is 8.19. The number of nitrogens with one attached hydrogen (secondary N) is 1. The molecular weight excluding hydrogens is 369 g/mol. The van der Waals surface area contributed by atoms with Gasteiger partial charge in [0.15, 0.2) is 17.3 Å². The molecule has 2 aromatic carbocycles. The SMILES string of the molecule is COCc1cc(NC(=O)CCC(=O)c2ccc(OC)c(F)c2)cc(C(=O)O)c1. The van der Waals surface area contributed by atoms with Gasteiger partial charge in [-0.15, -0.1) is 0 Å². The topological polar surface area (TPSA) is 102 Å². The van der Waals surface area contributed by atoms with Crippen molar-refractivity contribution < 1.29 is 33.4 Å². The first-order chi connectivity index (χ1) is 13.3. The second kappa shape index (κ2) is 9.61. The van der Waals surface area contributed by atoms with Crippen LogP contribution in [-0.2, 0) is 16.1 Å². The number of carboxylic acids is 1. The summed E-state index contributed by atoms with van der Waals surface area (Å²) in [5.41, 5.74) is 1.03. The van der Waals surface area contributed by atoms with E-state index in [-0.39, 0.29) is 36.3 Å². The maximum atomic E-state index is 13.7. The van der Waals surface area contributed by atoms with Crippen LogP contribution in [-0.4, -0.2) is 37.0 Å². The number of carbonyl (C=O) groups excluding carboxylic acids is 2. The lowest BCUT2D eigenvalue weighted by Crippen LogP contribution is -2.14. The van der Waals surface area contributed by atoms with Crippen LogP contribution in [0.25, 0.3) is 0 Å². The number of hydrogen-bond donors (Lipinski definition) is 2. The molecular formula is C20H20FNO6. The third-order valence-corrected chi connectivity index (χ3v) is 3.89. The van der Waals surface area contributed by atoms with Gasteiger partial charge in [0.05, 0.1) is 19.3 Å². The summed E-state index contributed by atoms with van der Waals surface area (Å²) in [5, 5.41) is 11.7. The highest BCUT2D eigenvalue weighted by molar-refractivity contribution is 6.00. The molecule has 0 saturated heterocycles. The number of aromatic carboxylic acids is 1. The normalized spacial score (nSPS) is 10.4. The molecule has 0 saturated carbocycles. The van der Waals surface area contributed by atoms with Gasteiger partial charge in [-0.25, -0.2) is 9.18 Å². The van der Waals surface area contributed by atoms with Crippen LogP contribution >= 0.6 is 0 Å². The van der Waals surface area contributed by atoms with Crippen molar-refractivity contribution in [3.8, 4) is 5.75 Å². The van der Waals surface area contributed by atoms with Gasteiger partial charge >= 0.3 is 5.97 Å². The molecule has 8 heteroatoms. The molecule has 2 aromatic rings. The summed E-state index contributed by atoms with van der Waals surface area (Å²) in [6.45, 7) is 0.186. The highest BCUT2D eigenvalue weighted by Crippen LogP contribution is 2.20. The molecule has 2 N–H and O–H groups in total. The van der Waals surface area contributed by atoms with Crippen molar-refractivity contribution in [2.75, 3.05) is 19.5 Å². The predicted molar refractivity (Wildman–Crippen MR) is 99.3 cm³/mol. The van der Waals surface area contributed by atoms with Crippen molar-refractivity contribution in [2.45, 2.75) is 19.4 Å². The molecule has 0 bridgehead atoms. The minimum Gasteiger partial charge on any atom is -0.494 e. The second-order valence-electron chi connectivity index (χ2n) is 5.98. The number of methoxy groups -OCH3 is 2. The first-order valence-corrected chi connectivity index (χ1v) is 8.37. The molecule has 0 unspecified atom stereocenters. The van der Waals surface area contributed by atoms with Crippen molar-refractivity contribution in [3.05, 3.63) is 58.9 Å². The molecule has 28 heavy (non-hydrogen) atoms. The molecule has 2 rings (SSSR count). The standard InChI is InChI=1S/C20H20FNO6/c1-27-11-12-7-14(20(25)26)9-15(8-12)22-19(24)6-4-17(23)13-3-5-18(28-2)16(21)10-13/h3,5,7-10H,4,6,11H2,1-2H3,(H,22,24)(H,25,26). The van der Waals surface area contributed by atoms with Gasteiger partial charge in [-0.2, -0.15) is 0 Å². The largest absolute Gasteiger partial charge is 0.494 e. The lowest BCUT2D eigenvalue weighted by molar-refractivity contribution is -0.116. The Bertz CT molecular complexity index is 896. The molecule has 0 aliphatic carbocycles. The summed E-state index contributed by atoms with van der Waals surface area (Å²) >= 11 is 0. The monoisotopic (exact) mass is 389 g/mol. The van der Waals surface area contributed by atoms with Crippen LogP contribution in [0.15, 0.2) is 36.4 Å². The maximum absolute atomic E-state index is 13.7. The van der Waals surface area contributed by atoms with E-state index in [1.54, 1.807) is 6.07 Å². The molecule has 0 radical (unpaired) electrons. The number of benzene rings is 2. The first kappa shape index (κ1) is 21.0. The van der Waals surface area contributed by atoms with Crippen molar-refractivity contribution in [2.24, 2.45) is 0 Å². The molecule has 148 valence electrons. The Morgan fingerprint density at radius 2 is 1.79 bits per heavy atom. The van der Waals surface area contributed by atoms with Crippen LogP contribution in [0.4, 0.5) is 10.1 Å². The van der Waals surface area contributed by atoms with E-state index in [1.807, 2.05) is 0 Å². The second-order valence-corrected chi connectivity index (χ2v) is 5.98. The number of ether oxygens (including phenoxy) is 2. The zero-order valence-corrected chi connectivity index (χ0v) is 15.5. The van der Waals surface area contributed by atoms with Gasteiger partial charge in [-0.3, -0.25) is 9.59 Å². The Kier molecular flexibility index (Phi) is 7.22. The Labute approximate surface area is 161 Å². The fourth-order valence-corrected chi connectivity index (χ4v) is 2.57. The van der Waals surface area contributed by atoms with Crippen molar-refractivity contribution in [3.63, 3.8) is 0 Å². The van der Waals surface area contributed by atoms with E-state index >= 15 is 0 Å². The van der Waals surface area contributed by atoms with E-state index in [1.165, 1.54) is 38.5 Å². The average Bonchev–Trinajstić information content (AvgIpc) is 2.66. The molecule has 1 amide bonds. The van der Waals surface area contributed by atoms with Crippen molar-refractivity contribution in [1.29, 1.82) is 0 Å². The minimum absolute atomic E-state index is 0.00892. The summed E-state index contributed by atoms with van der Waals surface area (Å²) in [4.78, 5) is 35.5. The molecule has 0 heterocycles. The number of anilines is 1. The summed E-state index contributed by atoms with van der Waals surface area (Å²) in [7, 11) is 2.79. The predicted octanol–water partition coefficient (Wildman–Crippen LogP) is 3.28. The van der Waals surface area contributed by atoms with Crippen LogP contribution in [0.2, 0.25) is 0 Å². The lowest BCUT2D eigenvalue weighted by atomic mass is 10.1. The Morgan fingerprint density at radius 1 is 1.04 bits per heavy atom. The summed E-state index contributed by atoms with van der Waals surface area (Å²) < 4.78 is 23.5. The van der Waals surface area contributed by atoms with Crippen LogP contribution in [0.3, 0.4) is 0 Å². The van der Waals surface area contributed by atoms with Gasteiger partial charge in [0.25, 0.3) is 0 Å². The summed E-state index contributed by atoms with van der Waals surface area (Å²) in [6.07, 6.45) is -0.259. The summed E-state index contributed by atoms with van der Waals surface area (Å²) in [5.74, 6) is -2.62. The van der Waals surface area contributed by atoms with Crippen LogP contribution in [0.1, 0.15) is 39.1 Å². The van der Waals surface area contributed by atoms with Crippen LogP contribution < -0.4 is 10.1 Å². The number of hydrogen-bond acceptors (Lipinski definition) is 5. The van der Waals surface area contributed by atoms with Crippen molar-refractivity contribution in [1.82, 2.24) is 0 Å². The number of halogens is 1. The smallest absolute Gasteiger partial charge is 0.335 e. The fourth-order valence-electron chi connectivity index (χ4n) is 2.57. The van der Waals surface area contributed by atoms with Gasteiger partial charge in [0.2, 0.25) is 5.91 Å². The van der Waals surface area contributed by atoms with Gasteiger partial charge in [0, 0.05) is 31.2 Å². The third kappa shape index (κ3) is 5.62. The quantitative estimate of drug-likeness (QED) is 0.638. The van der Waals surface area contributed by atoms with Gasteiger partial charge in [-0.05, 0) is 42.0 Å². The Morgan fingerprint density at radius 3 is 2.39 bits per heavy atom. The first-order valence-electron chi connectivity index (χ1n) is 8.37. The molecule has 7 nitrogen and oxygen atoms in total. The highest BCUT2D eigenvalue weighted by atomic mass is 19.1. The zero-order valence-electron chi connectivity index (χ0n) is 15.5. The van der Waals surface area contributed by atoms with Gasteiger partial charge in [-0.1, -0.05) is 0 Å². The molecule has 0 aliphatic heterocycles. The van der Waals surface area contributed by atoms with Crippen molar-refractivity contribution >= 4 is 23.3 Å². The van der Waals surface area contributed by atoms with E-state index in [4.69, 9.17) is 14.6 Å². The number of amides is 1. The molecule has 0 spiro atoms. The van der Waals surface area contributed by atoms with Crippen LogP contribution in [0.5, 0.6) is 5.75 Å².